The van der Waals surface area contributed by atoms with Gasteiger partial charge in [0.15, 0.2) is 0 Å². The van der Waals surface area contributed by atoms with Crippen LogP contribution in [0.3, 0.4) is 0 Å². The Bertz CT molecular complexity index is 272. The summed E-state index contributed by atoms with van der Waals surface area (Å²) >= 11 is 0. The SMILES string of the molecule is C=CC[C@@]1(C)C(=O)O[C@@H]2CCCCC[C@H]21. The standard InChI is InChI=1S/C13H20O2/c1-3-9-13(2)10-7-5-4-6-8-11(10)15-12(13)14/h3,10-11H,1,4-9H2,2H3/t10-,11-,13-/m1/s1. The number of carbonyl (C=O) groups is 1. The lowest BCUT2D eigenvalue weighted by atomic mass is 9.72. The Balaban J connectivity index is 2.22. The molecule has 0 N–H and O–H groups in total. The van der Waals surface area contributed by atoms with E-state index in [1.54, 1.807) is 0 Å². The first-order valence-electron chi connectivity index (χ1n) is 6.00. The van der Waals surface area contributed by atoms with E-state index < -0.39 is 0 Å². The maximum Gasteiger partial charge on any atom is 0.312 e. The molecule has 2 fully saturated rings. The van der Waals surface area contributed by atoms with Crippen LogP contribution in [0.25, 0.3) is 0 Å². The number of carbonyl (C=O) groups excluding carboxylic acids is 1. The molecular formula is C13H20O2. The first-order valence-corrected chi connectivity index (χ1v) is 6.00. The lowest BCUT2D eigenvalue weighted by Crippen LogP contribution is -2.30. The van der Waals surface area contributed by atoms with Gasteiger partial charge in [-0.25, -0.2) is 0 Å². The van der Waals surface area contributed by atoms with Gasteiger partial charge in [0.2, 0.25) is 0 Å². The van der Waals surface area contributed by atoms with Crippen molar-refractivity contribution in [2.24, 2.45) is 11.3 Å². The molecular weight excluding hydrogens is 188 g/mol. The number of allylic oxidation sites excluding steroid dienone is 1. The highest BCUT2D eigenvalue weighted by Gasteiger charge is 2.52. The molecule has 1 heterocycles. The van der Waals surface area contributed by atoms with Gasteiger partial charge in [0.25, 0.3) is 0 Å². The topological polar surface area (TPSA) is 26.3 Å². The average Bonchev–Trinajstić information content (AvgIpc) is 2.42. The maximum atomic E-state index is 11.9. The summed E-state index contributed by atoms with van der Waals surface area (Å²) in [6.07, 6.45) is 8.73. The fourth-order valence-electron chi connectivity index (χ4n) is 3.10. The van der Waals surface area contributed by atoms with Gasteiger partial charge in [-0.15, -0.1) is 6.58 Å². The van der Waals surface area contributed by atoms with Crippen molar-refractivity contribution < 1.29 is 9.53 Å². The molecule has 0 aromatic carbocycles. The number of hydrogen-bond donors (Lipinski definition) is 0. The van der Waals surface area contributed by atoms with Gasteiger partial charge in [-0.1, -0.05) is 18.9 Å². The van der Waals surface area contributed by atoms with Crippen molar-refractivity contribution in [3.8, 4) is 0 Å². The molecule has 2 nitrogen and oxygen atoms in total. The van der Waals surface area contributed by atoms with Gasteiger partial charge < -0.3 is 4.74 Å². The van der Waals surface area contributed by atoms with Gasteiger partial charge in [-0.05, 0) is 32.6 Å². The predicted molar refractivity (Wildman–Crippen MR) is 59.4 cm³/mol. The van der Waals surface area contributed by atoms with Crippen molar-refractivity contribution in [1.82, 2.24) is 0 Å². The fraction of sp³-hybridized carbons (Fsp3) is 0.769. The van der Waals surface area contributed by atoms with Crippen molar-refractivity contribution in [3.63, 3.8) is 0 Å². The van der Waals surface area contributed by atoms with Gasteiger partial charge >= 0.3 is 5.97 Å². The summed E-state index contributed by atoms with van der Waals surface area (Å²) in [4.78, 5) is 11.9. The zero-order valence-electron chi connectivity index (χ0n) is 9.50. The molecule has 0 bridgehead atoms. The van der Waals surface area contributed by atoms with Crippen LogP contribution in [0.2, 0.25) is 0 Å². The van der Waals surface area contributed by atoms with Crippen LogP contribution in [0.5, 0.6) is 0 Å². The van der Waals surface area contributed by atoms with Gasteiger partial charge in [0.1, 0.15) is 6.10 Å². The smallest absolute Gasteiger partial charge is 0.312 e. The van der Waals surface area contributed by atoms with E-state index in [0.717, 1.165) is 19.3 Å². The third-order valence-electron chi connectivity index (χ3n) is 4.06. The summed E-state index contributed by atoms with van der Waals surface area (Å²) in [5.41, 5.74) is -0.295. The molecule has 0 unspecified atom stereocenters. The van der Waals surface area contributed by atoms with E-state index in [1.807, 2.05) is 13.0 Å². The molecule has 84 valence electrons. The minimum absolute atomic E-state index is 0.000648. The monoisotopic (exact) mass is 208 g/mol. The quantitative estimate of drug-likeness (QED) is 0.515. The lowest BCUT2D eigenvalue weighted by Gasteiger charge is -2.26. The molecule has 3 atom stereocenters. The van der Waals surface area contributed by atoms with Crippen molar-refractivity contribution in [2.75, 3.05) is 0 Å². The molecule has 0 radical (unpaired) electrons. The molecule has 1 saturated carbocycles. The van der Waals surface area contributed by atoms with Crippen LogP contribution in [0, 0.1) is 11.3 Å². The van der Waals surface area contributed by atoms with Crippen molar-refractivity contribution in [3.05, 3.63) is 12.7 Å². The first kappa shape index (κ1) is 10.7. The summed E-state index contributed by atoms with van der Waals surface area (Å²) in [6.45, 7) is 5.81. The summed E-state index contributed by atoms with van der Waals surface area (Å²) in [7, 11) is 0. The molecule has 0 aromatic rings. The number of hydrogen-bond acceptors (Lipinski definition) is 2. The highest BCUT2D eigenvalue weighted by Crippen LogP contribution is 2.47. The second-order valence-electron chi connectivity index (χ2n) is 5.10. The molecule has 2 rings (SSSR count). The van der Waals surface area contributed by atoms with E-state index in [2.05, 4.69) is 6.58 Å². The summed E-state index contributed by atoms with van der Waals surface area (Å²) in [6, 6.07) is 0. The zero-order chi connectivity index (χ0) is 10.9. The number of rotatable bonds is 2. The number of fused-ring (bicyclic) bond motifs is 1. The Morgan fingerprint density at radius 3 is 2.93 bits per heavy atom. The Labute approximate surface area is 91.7 Å². The highest BCUT2D eigenvalue weighted by atomic mass is 16.6. The van der Waals surface area contributed by atoms with Gasteiger partial charge in [0.05, 0.1) is 5.41 Å². The number of esters is 1. The molecule has 0 aromatic heterocycles. The van der Waals surface area contributed by atoms with Crippen LogP contribution in [-0.4, -0.2) is 12.1 Å². The molecule has 0 amide bonds. The Morgan fingerprint density at radius 2 is 2.20 bits per heavy atom. The van der Waals surface area contributed by atoms with Crippen LogP contribution in [-0.2, 0) is 9.53 Å². The third kappa shape index (κ3) is 1.70. The summed E-state index contributed by atoms with van der Waals surface area (Å²) in [5, 5.41) is 0. The second-order valence-corrected chi connectivity index (χ2v) is 5.10. The Morgan fingerprint density at radius 1 is 1.47 bits per heavy atom. The van der Waals surface area contributed by atoms with Crippen LogP contribution >= 0.6 is 0 Å². The van der Waals surface area contributed by atoms with Gasteiger partial charge in [-0.3, -0.25) is 4.79 Å². The van der Waals surface area contributed by atoms with E-state index in [0.29, 0.717) is 5.92 Å². The summed E-state index contributed by atoms with van der Waals surface area (Å²) < 4.78 is 5.53. The Kier molecular flexibility index (Phi) is 2.85. The minimum atomic E-state index is -0.295. The van der Waals surface area contributed by atoms with E-state index in [-0.39, 0.29) is 17.5 Å². The summed E-state index contributed by atoms with van der Waals surface area (Å²) in [5.74, 6) is 0.421. The second kappa shape index (κ2) is 3.99. The molecule has 1 aliphatic heterocycles. The van der Waals surface area contributed by atoms with Crippen molar-refractivity contribution >= 4 is 5.97 Å². The number of ether oxygens (including phenoxy) is 1. The zero-order valence-corrected chi connectivity index (χ0v) is 9.50. The molecule has 2 aliphatic rings. The maximum absolute atomic E-state index is 11.9. The van der Waals surface area contributed by atoms with Gasteiger partial charge in [-0.2, -0.15) is 0 Å². The molecule has 2 heteroatoms. The highest BCUT2D eigenvalue weighted by molar-refractivity contribution is 5.79. The van der Waals surface area contributed by atoms with E-state index in [9.17, 15) is 4.79 Å². The predicted octanol–water partition coefficient (Wildman–Crippen LogP) is 3.07. The molecule has 1 aliphatic carbocycles. The Hall–Kier alpha value is -0.790. The molecule has 0 spiro atoms. The van der Waals surface area contributed by atoms with Crippen LogP contribution in [0.1, 0.15) is 45.4 Å². The average molecular weight is 208 g/mol. The van der Waals surface area contributed by atoms with E-state index >= 15 is 0 Å². The van der Waals surface area contributed by atoms with Crippen molar-refractivity contribution in [2.45, 2.75) is 51.6 Å². The van der Waals surface area contributed by atoms with Crippen molar-refractivity contribution in [1.29, 1.82) is 0 Å². The van der Waals surface area contributed by atoms with Crippen LogP contribution in [0.15, 0.2) is 12.7 Å². The third-order valence-corrected chi connectivity index (χ3v) is 4.06. The first-order chi connectivity index (χ1) is 7.18. The normalized spacial score (nSPS) is 40.5. The van der Waals surface area contributed by atoms with E-state index in [1.165, 1.54) is 19.3 Å². The largest absolute Gasteiger partial charge is 0.462 e. The van der Waals surface area contributed by atoms with E-state index in [4.69, 9.17) is 4.74 Å². The molecule has 1 saturated heterocycles. The lowest BCUT2D eigenvalue weighted by molar-refractivity contribution is -0.148. The van der Waals surface area contributed by atoms with Gasteiger partial charge in [0, 0.05) is 5.92 Å². The minimum Gasteiger partial charge on any atom is -0.462 e. The fourth-order valence-corrected chi connectivity index (χ4v) is 3.10. The molecule has 15 heavy (non-hydrogen) atoms. The van der Waals surface area contributed by atoms with Crippen LogP contribution in [0.4, 0.5) is 0 Å². The van der Waals surface area contributed by atoms with Crippen LogP contribution < -0.4 is 0 Å².